The fraction of sp³-hybridized carbons (Fsp3) is 0.429. The van der Waals surface area contributed by atoms with Gasteiger partial charge in [-0.05, 0) is 16.9 Å². The van der Waals surface area contributed by atoms with Crippen molar-refractivity contribution in [2.24, 2.45) is 0 Å². The van der Waals surface area contributed by atoms with Crippen molar-refractivity contribution in [2.45, 2.75) is 32.0 Å². The van der Waals surface area contributed by atoms with Gasteiger partial charge in [-0.3, -0.25) is 0 Å². The van der Waals surface area contributed by atoms with Crippen LogP contribution in [0.1, 0.15) is 37.8 Å². The van der Waals surface area contributed by atoms with E-state index in [0.717, 1.165) is 12.8 Å². The Morgan fingerprint density at radius 3 is 2.33 bits per heavy atom. The zero-order chi connectivity index (χ0) is 13.9. The summed E-state index contributed by atoms with van der Waals surface area (Å²) in [7, 11) is 3.26. The quantitative estimate of drug-likeness (QED) is 0.731. The first-order valence-corrected chi connectivity index (χ1v) is 6.14. The second-order valence-corrected chi connectivity index (χ2v) is 4.64. The molecule has 98 valence electrons. The molecule has 0 N–H and O–H groups in total. The first-order chi connectivity index (χ1) is 8.45. The van der Waals surface area contributed by atoms with Crippen LogP contribution in [0, 0.1) is 11.6 Å². The molecule has 0 aliphatic rings. The van der Waals surface area contributed by atoms with Crippen molar-refractivity contribution in [3.63, 3.8) is 0 Å². The molecule has 0 radical (unpaired) electrons. The number of methoxy groups -OCH3 is 1. The Morgan fingerprint density at radius 2 is 1.94 bits per heavy atom. The summed E-state index contributed by atoms with van der Waals surface area (Å²) in [6, 6.07) is 1.37. The number of benzene rings is 1. The maximum atomic E-state index is 14.2. The van der Waals surface area contributed by atoms with Gasteiger partial charge in [-0.25, -0.2) is 8.78 Å². The number of rotatable bonds is 5. The highest BCUT2D eigenvalue weighted by Gasteiger charge is 2.29. The van der Waals surface area contributed by atoms with Crippen molar-refractivity contribution in [1.82, 2.24) is 0 Å². The zero-order valence-corrected chi connectivity index (χ0v) is 11.4. The van der Waals surface area contributed by atoms with Crippen LogP contribution >= 0.6 is 0 Å². The molecule has 0 amide bonds. The maximum Gasteiger partial charge on any atom is 0.191 e. The molecule has 0 heterocycles. The first kappa shape index (κ1) is 14.7. The highest BCUT2D eigenvalue weighted by atomic mass is 19.1. The molecule has 1 aromatic carbocycles. The van der Waals surface area contributed by atoms with Crippen LogP contribution in [0.4, 0.5) is 8.78 Å². The lowest BCUT2D eigenvalue weighted by molar-refractivity contribution is 0.357. The second-order valence-electron chi connectivity index (χ2n) is 4.64. The van der Waals surface area contributed by atoms with Crippen LogP contribution in [0.2, 0.25) is 0 Å². The zero-order valence-electron chi connectivity index (χ0n) is 11.4. The summed E-state index contributed by atoms with van der Waals surface area (Å²) in [5, 5.41) is -0.266. The van der Waals surface area contributed by atoms with Crippen LogP contribution in [0.25, 0.3) is 6.08 Å². The molecule has 0 unspecified atom stereocenters. The molecular formula is C14H19BF2O. The number of halogens is 2. The average Bonchev–Trinajstić information content (AvgIpc) is 2.37. The van der Waals surface area contributed by atoms with Gasteiger partial charge < -0.3 is 4.74 Å². The highest BCUT2D eigenvalue weighted by molar-refractivity contribution is 6.16. The molecule has 0 aliphatic carbocycles. The third-order valence-corrected chi connectivity index (χ3v) is 3.83. The van der Waals surface area contributed by atoms with Gasteiger partial charge in [-0.2, -0.15) is 0 Å². The van der Waals surface area contributed by atoms with E-state index in [9.17, 15) is 8.78 Å². The minimum Gasteiger partial charge on any atom is -0.491 e. The van der Waals surface area contributed by atoms with E-state index in [4.69, 9.17) is 4.74 Å². The average molecular weight is 252 g/mol. The molecule has 0 saturated carbocycles. The fourth-order valence-electron chi connectivity index (χ4n) is 2.13. The summed E-state index contributed by atoms with van der Waals surface area (Å²) in [6.07, 6.45) is 3.03. The molecule has 1 aromatic rings. The van der Waals surface area contributed by atoms with E-state index in [2.05, 4.69) is 6.58 Å². The van der Waals surface area contributed by atoms with Crippen molar-refractivity contribution in [1.29, 1.82) is 0 Å². The van der Waals surface area contributed by atoms with E-state index in [1.807, 2.05) is 21.7 Å². The van der Waals surface area contributed by atoms with Crippen molar-refractivity contribution >= 4 is 13.9 Å². The molecule has 18 heavy (non-hydrogen) atoms. The van der Waals surface area contributed by atoms with Crippen molar-refractivity contribution < 1.29 is 13.5 Å². The van der Waals surface area contributed by atoms with Crippen LogP contribution in [0.3, 0.4) is 0 Å². The summed E-state index contributed by atoms with van der Waals surface area (Å²) in [5.74, 6) is -1.68. The Labute approximate surface area is 108 Å². The maximum absolute atomic E-state index is 14.2. The SMILES string of the molecule is BC(CC)(CC)c1cc(F)c(OC)c(F)c1C=C. The molecule has 0 fully saturated rings. The lowest BCUT2D eigenvalue weighted by atomic mass is 9.59. The van der Waals surface area contributed by atoms with Gasteiger partial charge in [0, 0.05) is 5.56 Å². The van der Waals surface area contributed by atoms with Gasteiger partial charge in [0.1, 0.15) is 7.85 Å². The molecule has 4 heteroatoms. The van der Waals surface area contributed by atoms with Crippen molar-refractivity contribution in [2.75, 3.05) is 7.11 Å². The Kier molecular flexibility index (Phi) is 4.55. The Balaban J connectivity index is 3.60. The Hall–Kier alpha value is -1.32. The standard InChI is InChI=1S/C14H19BF2O/c1-5-9-10(14(15,6-2)7-3)8-11(16)13(18-4)12(9)17/h5,8H,1,6-7,15H2,2-4H3. The number of ether oxygens (including phenoxy) is 1. The summed E-state index contributed by atoms with van der Waals surface area (Å²) in [4.78, 5) is 0. The molecule has 1 nitrogen and oxygen atoms in total. The summed E-state index contributed by atoms with van der Waals surface area (Å²) < 4.78 is 32.7. The smallest absolute Gasteiger partial charge is 0.191 e. The lowest BCUT2D eigenvalue weighted by Gasteiger charge is -2.30. The van der Waals surface area contributed by atoms with E-state index in [1.165, 1.54) is 19.3 Å². The minimum atomic E-state index is -0.671. The van der Waals surface area contributed by atoms with E-state index < -0.39 is 11.6 Å². The van der Waals surface area contributed by atoms with E-state index in [-0.39, 0.29) is 11.1 Å². The molecule has 0 spiro atoms. The van der Waals surface area contributed by atoms with Crippen LogP contribution in [-0.2, 0) is 5.31 Å². The van der Waals surface area contributed by atoms with Crippen LogP contribution in [0.5, 0.6) is 5.75 Å². The van der Waals surface area contributed by atoms with Gasteiger partial charge in [0.25, 0.3) is 0 Å². The Morgan fingerprint density at radius 1 is 1.39 bits per heavy atom. The van der Waals surface area contributed by atoms with Gasteiger partial charge in [0.2, 0.25) is 0 Å². The molecule has 0 aliphatic heterocycles. The minimum absolute atomic E-state index is 0.266. The third-order valence-electron chi connectivity index (χ3n) is 3.83. The molecule has 0 atom stereocenters. The van der Waals surface area contributed by atoms with Gasteiger partial charge in [-0.15, -0.1) is 0 Å². The molecule has 0 saturated heterocycles. The van der Waals surface area contributed by atoms with Gasteiger partial charge >= 0.3 is 0 Å². The van der Waals surface area contributed by atoms with E-state index in [1.54, 1.807) is 0 Å². The predicted octanol–water partition coefficient (Wildman–Crippen LogP) is 3.26. The predicted molar refractivity (Wildman–Crippen MR) is 73.8 cm³/mol. The molecule has 0 bridgehead atoms. The summed E-state index contributed by atoms with van der Waals surface area (Å²) >= 11 is 0. The monoisotopic (exact) mass is 252 g/mol. The second kappa shape index (κ2) is 5.55. The van der Waals surface area contributed by atoms with Crippen LogP contribution in [0.15, 0.2) is 12.6 Å². The van der Waals surface area contributed by atoms with Gasteiger partial charge in [0.15, 0.2) is 17.4 Å². The van der Waals surface area contributed by atoms with Crippen LogP contribution < -0.4 is 4.74 Å². The normalized spacial score (nSPS) is 11.4. The van der Waals surface area contributed by atoms with Gasteiger partial charge in [0.05, 0.1) is 7.11 Å². The molecule has 1 rings (SSSR count). The first-order valence-electron chi connectivity index (χ1n) is 6.14. The Bertz CT molecular complexity index is 454. The molecular weight excluding hydrogens is 233 g/mol. The van der Waals surface area contributed by atoms with Crippen molar-refractivity contribution in [3.05, 3.63) is 35.4 Å². The van der Waals surface area contributed by atoms with E-state index in [0.29, 0.717) is 11.1 Å². The topological polar surface area (TPSA) is 9.23 Å². The molecule has 0 aromatic heterocycles. The largest absolute Gasteiger partial charge is 0.491 e. The summed E-state index contributed by atoms with van der Waals surface area (Å²) in [5.41, 5.74) is 0.984. The fourth-order valence-corrected chi connectivity index (χ4v) is 2.13. The lowest BCUT2D eigenvalue weighted by Crippen LogP contribution is -2.26. The highest BCUT2D eigenvalue weighted by Crippen LogP contribution is 2.37. The van der Waals surface area contributed by atoms with Crippen LogP contribution in [-0.4, -0.2) is 15.0 Å². The summed E-state index contributed by atoms with van der Waals surface area (Å²) in [6.45, 7) is 7.64. The third kappa shape index (κ3) is 2.29. The number of hydrogen-bond donors (Lipinski definition) is 0. The van der Waals surface area contributed by atoms with E-state index >= 15 is 0 Å². The van der Waals surface area contributed by atoms with Crippen molar-refractivity contribution in [3.8, 4) is 5.75 Å². The van der Waals surface area contributed by atoms with Gasteiger partial charge in [-0.1, -0.05) is 39.3 Å². The number of hydrogen-bond acceptors (Lipinski definition) is 1.